The van der Waals surface area contributed by atoms with Gasteiger partial charge in [-0.2, -0.15) is 0 Å². The minimum absolute atomic E-state index is 0.245. The minimum Gasteiger partial charge on any atom is -0.508 e. The second kappa shape index (κ2) is 5.45. The smallest absolute Gasteiger partial charge is 0.116 e. The first-order chi connectivity index (χ1) is 11.2. The van der Waals surface area contributed by atoms with Crippen molar-refractivity contribution in [2.24, 2.45) is 0 Å². The molecule has 1 heterocycles. The maximum Gasteiger partial charge on any atom is 0.116 e. The summed E-state index contributed by atoms with van der Waals surface area (Å²) >= 11 is 6.06. The standard InChI is InChI=1S/C19H13ClN2O/c20-13-2-1-3-14(10-13)22-19-9-12-8-15(23)4-5-16(12)18-11-21-7-6-17(18)19/h1-11,22-23H. The Hall–Kier alpha value is -2.78. The Morgan fingerprint density at radius 3 is 2.70 bits per heavy atom. The molecule has 0 bridgehead atoms. The highest BCUT2D eigenvalue weighted by molar-refractivity contribution is 6.30. The molecule has 4 rings (SSSR count). The molecule has 0 spiro atoms. The summed E-state index contributed by atoms with van der Waals surface area (Å²) in [6.45, 7) is 0. The van der Waals surface area contributed by atoms with Crippen LogP contribution in [0.4, 0.5) is 11.4 Å². The van der Waals surface area contributed by atoms with Crippen molar-refractivity contribution in [1.82, 2.24) is 4.98 Å². The van der Waals surface area contributed by atoms with Crippen LogP contribution in [-0.2, 0) is 0 Å². The predicted molar refractivity (Wildman–Crippen MR) is 95.6 cm³/mol. The summed E-state index contributed by atoms with van der Waals surface area (Å²) in [5, 5.41) is 18.0. The van der Waals surface area contributed by atoms with Gasteiger partial charge in [-0.1, -0.05) is 23.7 Å². The van der Waals surface area contributed by atoms with Gasteiger partial charge in [-0.15, -0.1) is 0 Å². The van der Waals surface area contributed by atoms with Crippen molar-refractivity contribution in [2.45, 2.75) is 0 Å². The molecule has 0 aliphatic heterocycles. The van der Waals surface area contributed by atoms with E-state index in [2.05, 4.69) is 10.3 Å². The molecule has 23 heavy (non-hydrogen) atoms. The van der Waals surface area contributed by atoms with Crippen LogP contribution in [0.3, 0.4) is 0 Å². The number of phenolic OH excluding ortho intramolecular Hbond substituents is 1. The molecule has 0 saturated heterocycles. The van der Waals surface area contributed by atoms with Crippen LogP contribution in [0.2, 0.25) is 5.02 Å². The monoisotopic (exact) mass is 320 g/mol. The number of phenols is 1. The van der Waals surface area contributed by atoms with Gasteiger partial charge in [0.05, 0.1) is 0 Å². The van der Waals surface area contributed by atoms with E-state index < -0.39 is 0 Å². The molecule has 2 N–H and O–H groups in total. The van der Waals surface area contributed by atoms with Gasteiger partial charge in [0, 0.05) is 39.6 Å². The van der Waals surface area contributed by atoms with Crippen LogP contribution in [0, 0.1) is 0 Å². The van der Waals surface area contributed by atoms with Crippen molar-refractivity contribution in [3.05, 3.63) is 72.0 Å². The number of fused-ring (bicyclic) bond motifs is 3. The molecule has 4 heteroatoms. The fourth-order valence-electron chi connectivity index (χ4n) is 2.82. The van der Waals surface area contributed by atoms with E-state index >= 15 is 0 Å². The molecule has 0 radical (unpaired) electrons. The van der Waals surface area contributed by atoms with E-state index in [9.17, 15) is 5.11 Å². The number of nitrogens with one attached hydrogen (secondary N) is 1. The molecule has 0 aliphatic carbocycles. The van der Waals surface area contributed by atoms with Gasteiger partial charge >= 0.3 is 0 Å². The van der Waals surface area contributed by atoms with E-state index in [1.165, 1.54) is 0 Å². The number of rotatable bonds is 2. The molecular weight excluding hydrogens is 308 g/mol. The maximum atomic E-state index is 9.77. The van der Waals surface area contributed by atoms with Crippen LogP contribution in [0.5, 0.6) is 5.75 Å². The zero-order valence-corrected chi connectivity index (χ0v) is 12.9. The molecule has 112 valence electrons. The number of halogens is 1. The zero-order valence-electron chi connectivity index (χ0n) is 12.1. The third-order valence-electron chi connectivity index (χ3n) is 3.84. The average Bonchev–Trinajstić information content (AvgIpc) is 2.55. The number of hydrogen-bond donors (Lipinski definition) is 2. The van der Waals surface area contributed by atoms with E-state index in [1.807, 2.05) is 48.7 Å². The summed E-state index contributed by atoms with van der Waals surface area (Å²) in [5.74, 6) is 0.245. The van der Waals surface area contributed by atoms with E-state index in [0.29, 0.717) is 5.02 Å². The normalized spacial score (nSPS) is 11.0. The SMILES string of the molecule is Oc1ccc2c(c1)cc(Nc1cccc(Cl)c1)c1ccncc12. The molecule has 0 saturated carbocycles. The van der Waals surface area contributed by atoms with Gasteiger partial charge in [0.1, 0.15) is 5.75 Å². The highest BCUT2D eigenvalue weighted by atomic mass is 35.5. The first-order valence-corrected chi connectivity index (χ1v) is 7.60. The first kappa shape index (κ1) is 13.9. The van der Waals surface area contributed by atoms with Gasteiger partial charge in [-0.25, -0.2) is 0 Å². The molecule has 3 aromatic carbocycles. The fraction of sp³-hybridized carbons (Fsp3) is 0. The molecule has 1 aromatic heterocycles. The van der Waals surface area contributed by atoms with Crippen LogP contribution < -0.4 is 5.32 Å². The third-order valence-corrected chi connectivity index (χ3v) is 4.08. The summed E-state index contributed by atoms with van der Waals surface area (Å²) in [6, 6.07) is 17.0. The van der Waals surface area contributed by atoms with Crippen molar-refractivity contribution < 1.29 is 5.11 Å². The lowest BCUT2D eigenvalue weighted by Crippen LogP contribution is -1.93. The number of pyridine rings is 1. The highest BCUT2D eigenvalue weighted by Gasteiger charge is 2.08. The number of nitrogens with zero attached hydrogens (tertiary/aromatic N) is 1. The summed E-state index contributed by atoms with van der Waals surface area (Å²) < 4.78 is 0. The Balaban J connectivity index is 1.96. The van der Waals surface area contributed by atoms with Crippen LogP contribution in [-0.4, -0.2) is 10.1 Å². The first-order valence-electron chi connectivity index (χ1n) is 7.23. The number of hydrogen-bond acceptors (Lipinski definition) is 3. The lowest BCUT2D eigenvalue weighted by atomic mass is 10.0. The number of benzene rings is 3. The Bertz CT molecular complexity index is 1030. The largest absolute Gasteiger partial charge is 0.508 e. The zero-order chi connectivity index (χ0) is 15.8. The van der Waals surface area contributed by atoms with Gasteiger partial charge in [0.15, 0.2) is 0 Å². The molecule has 0 amide bonds. The van der Waals surface area contributed by atoms with Crippen molar-refractivity contribution in [2.75, 3.05) is 5.32 Å². The van der Waals surface area contributed by atoms with Gasteiger partial charge in [-0.3, -0.25) is 4.98 Å². The quantitative estimate of drug-likeness (QED) is 0.480. The van der Waals surface area contributed by atoms with Gasteiger partial charge < -0.3 is 10.4 Å². The maximum absolute atomic E-state index is 9.77. The van der Waals surface area contributed by atoms with E-state index in [4.69, 9.17) is 11.6 Å². The minimum atomic E-state index is 0.245. The number of aromatic nitrogens is 1. The Morgan fingerprint density at radius 1 is 0.913 bits per heavy atom. The second-order valence-corrected chi connectivity index (χ2v) is 5.82. The van der Waals surface area contributed by atoms with Crippen molar-refractivity contribution in [3.8, 4) is 5.75 Å². The highest BCUT2D eigenvalue weighted by Crippen LogP contribution is 2.34. The van der Waals surface area contributed by atoms with Gasteiger partial charge in [-0.05, 0) is 53.2 Å². The summed E-state index contributed by atoms with van der Waals surface area (Å²) in [6.07, 6.45) is 3.62. The molecule has 0 fully saturated rings. The summed E-state index contributed by atoms with van der Waals surface area (Å²) in [7, 11) is 0. The average molecular weight is 321 g/mol. The number of aromatic hydroxyl groups is 1. The van der Waals surface area contributed by atoms with Gasteiger partial charge in [0.2, 0.25) is 0 Å². The molecule has 0 aliphatic rings. The second-order valence-electron chi connectivity index (χ2n) is 5.39. The molecule has 3 nitrogen and oxygen atoms in total. The lowest BCUT2D eigenvalue weighted by molar-refractivity contribution is 0.476. The molecule has 4 aromatic rings. The molecule has 0 atom stereocenters. The summed E-state index contributed by atoms with van der Waals surface area (Å²) in [4.78, 5) is 4.24. The van der Waals surface area contributed by atoms with Crippen LogP contribution in [0.15, 0.2) is 67.0 Å². The van der Waals surface area contributed by atoms with Crippen LogP contribution in [0.25, 0.3) is 21.5 Å². The third kappa shape index (κ3) is 2.56. The predicted octanol–water partition coefficient (Wildman–Crippen LogP) is 5.49. The van der Waals surface area contributed by atoms with Crippen molar-refractivity contribution in [3.63, 3.8) is 0 Å². The van der Waals surface area contributed by atoms with E-state index in [1.54, 1.807) is 18.3 Å². The topological polar surface area (TPSA) is 45.1 Å². The van der Waals surface area contributed by atoms with E-state index in [0.717, 1.165) is 32.9 Å². The van der Waals surface area contributed by atoms with Crippen molar-refractivity contribution >= 4 is 44.5 Å². The van der Waals surface area contributed by atoms with E-state index in [-0.39, 0.29) is 5.75 Å². The molecule has 0 unspecified atom stereocenters. The van der Waals surface area contributed by atoms with Gasteiger partial charge in [0.25, 0.3) is 0 Å². The lowest BCUT2D eigenvalue weighted by Gasteiger charge is -2.13. The fourth-order valence-corrected chi connectivity index (χ4v) is 3.01. The van der Waals surface area contributed by atoms with Crippen LogP contribution in [0.1, 0.15) is 0 Å². The van der Waals surface area contributed by atoms with Crippen LogP contribution >= 0.6 is 11.6 Å². The summed E-state index contributed by atoms with van der Waals surface area (Å²) in [5.41, 5.74) is 1.86. The Kier molecular flexibility index (Phi) is 3.28. The Morgan fingerprint density at radius 2 is 1.83 bits per heavy atom. The van der Waals surface area contributed by atoms with Crippen molar-refractivity contribution in [1.29, 1.82) is 0 Å². The molecular formula is C19H13ClN2O. The number of anilines is 2. The Labute approximate surface area is 138 Å².